The van der Waals surface area contributed by atoms with Gasteiger partial charge in [0, 0.05) is 17.7 Å². The molecule has 0 amide bonds. The van der Waals surface area contributed by atoms with Gasteiger partial charge in [-0.15, -0.1) is 0 Å². The van der Waals surface area contributed by atoms with Gasteiger partial charge in [-0.2, -0.15) is 18.4 Å². The summed E-state index contributed by atoms with van der Waals surface area (Å²) in [6.07, 6.45) is -3.42. The molecule has 0 bridgehead atoms. The Morgan fingerprint density at radius 1 is 1.18 bits per heavy atom. The molecule has 4 rings (SSSR count). The average Bonchev–Trinajstić information content (AvgIpc) is 2.78. The summed E-state index contributed by atoms with van der Waals surface area (Å²) in [5.74, 6) is -0.352. The molecular formula is C24H19ClF3N3O2. The van der Waals surface area contributed by atoms with E-state index in [0.717, 1.165) is 18.2 Å². The molecule has 0 spiro atoms. The SMILES string of the molecule is COc1ccc([C@@H]2C(C#N)=C(N)N(c3cc(C(F)(F)F)ccc3Cl)C3=C2C(=O)CCC3)cc1. The Labute approximate surface area is 193 Å². The molecule has 0 aromatic heterocycles. The Balaban J connectivity index is 1.96. The van der Waals surface area contributed by atoms with E-state index in [1.54, 1.807) is 24.3 Å². The van der Waals surface area contributed by atoms with Gasteiger partial charge in [-0.25, -0.2) is 0 Å². The molecule has 1 aliphatic carbocycles. The van der Waals surface area contributed by atoms with Crippen molar-refractivity contribution < 1.29 is 22.7 Å². The highest BCUT2D eigenvalue weighted by atomic mass is 35.5. The van der Waals surface area contributed by atoms with Crippen LogP contribution in [0.2, 0.25) is 5.02 Å². The second-order valence-corrected chi connectivity index (χ2v) is 8.16. The van der Waals surface area contributed by atoms with Gasteiger partial charge in [-0.1, -0.05) is 23.7 Å². The van der Waals surface area contributed by atoms with Gasteiger partial charge < -0.3 is 10.5 Å². The summed E-state index contributed by atoms with van der Waals surface area (Å²) >= 11 is 6.30. The van der Waals surface area contributed by atoms with E-state index in [9.17, 15) is 23.2 Å². The summed E-state index contributed by atoms with van der Waals surface area (Å²) in [5.41, 5.74) is 7.02. The maximum Gasteiger partial charge on any atom is 0.416 e. The van der Waals surface area contributed by atoms with Crippen LogP contribution in [-0.2, 0) is 11.0 Å². The molecule has 0 unspecified atom stereocenters. The number of anilines is 1. The number of halogens is 4. The molecule has 1 atom stereocenters. The predicted octanol–water partition coefficient (Wildman–Crippen LogP) is 5.67. The number of allylic oxidation sites excluding steroid dienone is 3. The van der Waals surface area contributed by atoms with Crippen molar-refractivity contribution in [1.29, 1.82) is 5.26 Å². The van der Waals surface area contributed by atoms with Crippen molar-refractivity contribution in [3.05, 3.63) is 81.3 Å². The van der Waals surface area contributed by atoms with E-state index < -0.39 is 17.7 Å². The first kappa shape index (κ1) is 22.7. The van der Waals surface area contributed by atoms with Crippen LogP contribution in [0.25, 0.3) is 0 Å². The van der Waals surface area contributed by atoms with Crippen LogP contribution in [0.1, 0.15) is 36.3 Å². The minimum atomic E-state index is -4.60. The molecule has 2 aliphatic rings. The molecule has 0 fully saturated rings. The number of benzene rings is 2. The number of nitrogens with zero attached hydrogens (tertiary/aromatic N) is 2. The van der Waals surface area contributed by atoms with Gasteiger partial charge in [0.05, 0.1) is 40.9 Å². The molecule has 5 nitrogen and oxygen atoms in total. The molecule has 0 saturated carbocycles. The molecule has 2 aromatic rings. The minimum absolute atomic E-state index is 0.0212. The molecule has 9 heteroatoms. The number of carbonyl (C=O) groups excluding carboxylic acids is 1. The number of nitrogens with two attached hydrogens (primary N) is 1. The van der Waals surface area contributed by atoms with Crippen molar-refractivity contribution >= 4 is 23.1 Å². The Hall–Kier alpha value is -3.44. The number of hydrogen-bond acceptors (Lipinski definition) is 5. The zero-order chi connectivity index (χ0) is 23.9. The number of ether oxygens (including phenoxy) is 1. The molecule has 1 heterocycles. The molecule has 33 heavy (non-hydrogen) atoms. The third kappa shape index (κ3) is 3.93. The van der Waals surface area contributed by atoms with E-state index in [-0.39, 0.29) is 34.3 Å². The normalized spacial score (nSPS) is 18.8. The summed E-state index contributed by atoms with van der Waals surface area (Å²) in [6.45, 7) is 0. The maximum absolute atomic E-state index is 13.4. The fourth-order valence-electron chi connectivity index (χ4n) is 4.35. The molecule has 2 aromatic carbocycles. The van der Waals surface area contributed by atoms with Crippen LogP contribution in [0.15, 0.2) is 65.1 Å². The van der Waals surface area contributed by atoms with Crippen molar-refractivity contribution in [2.24, 2.45) is 5.73 Å². The van der Waals surface area contributed by atoms with Gasteiger partial charge in [-0.3, -0.25) is 9.69 Å². The van der Waals surface area contributed by atoms with Crippen LogP contribution in [0.4, 0.5) is 18.9 Å². The molecular weight excluding hydrogens is 455 g/mol. The Bertz CT molecular complexity index is 1230. The smallest absolute Gasteiger partial charge is 0.416 e. The molecule has 0 radical (unpaired) electrons. The Morgan fingerprint density at radius 3 is 2.48 bits per heavy atom. The van der Waals surface area contributed by atoms with Gasteiger partial charge in [-0.05, 0) is 48.7 Å². The van der Waals surface area contributed by atoms with Gasteiger partial charge >= 0.3 is 6.18 Å². The zero-order valence-corrected chi connectivity index (χ0v) is 18.3. The van der Waals surface area contributed by atoms with Crippen molar-refractivity contribution in [3.63, 3.8) is 0 Å². The second kappa shape index (κ2) is 8.49. The Morgan fingerprint density at radius 2 is 1.88 bits per heavy atom. The number of hydrogen-bond donors (Lipinski definition) is 1. The van der Waals surface area contributed by atoms with Gasteiger partial charge in [0.2, 0.25) is 0 Å². The van der Waals surface area contributed by atoms with E-state index >= 15 is 0 Å². The second-order valence-electron chi connectivity index (χ2n) is 7.75. The minimum Gasteiger partial charge on any atom is -0.497 e. The maximum atomic E-state index is 13.4. The summed E-state index contributed by atoms with van der Waals surface area (Å²) in [5, 5.41) is 10.0. The number of alkyl halides is 3. The summed E-state index contributed by atoms with van der Waals surface area (Å²) in [4.78, 5) is 14.4. The first-order valence-electron chi connectivity index (χ1n) is 10.1. The monoisotopic (exact) mass is 473 g/mol. The zero-order valence-electron chi connectivity index (χ0n) is 17.5. The first-order chi connectivity index (χ1) is 15.7. The lowest BCUT2D eigenvalue weighted by molar-refractivity contribution is -0.137. The lowest BCUT2D eigenvalue weighted by atomic mass is 9.75. The summed E-state index contributed by atoms with van der Waals surface area (Å²) in [7, 11) is 1.52. The van der Waals surface area contributed by atoms with Crippen molar-refractivity contribution in [3.8, 4) is 11.8 Å². The van der Waals surface area contributed by atoms with Gasteiger partial charge in [0.1, 0.15) is 11.6 Å². The summed E-state index contributed by atoms with van der Waals surface area (Å²) in [6, 6.07) is 11.9. The van der Waals surface area contributed by atoms with Gasteiger partial charge in [0.25, 0.3) is 0 Å². The number of carbonyl (C=O) groups is 1. The number of rotatable bonds is 3. The van der Waals surface area contributed by atoms with Crippen molar-refractivity contribution in [1.82, 2.24) is 0 Å². The highest BCUT2D eigenvalue weighted by molar-refractivity contribution is 6.33. The van der Waals surface area contributed by atoms with Crippen LogP contribution >= 0.6 is 11.6 Å². The number of Topliss-reactive ketones (excluding diaryl/α,β-unsaturated/α-hetero) is 1. The van der Waals surface area contributed by atoms with E-state index in [2.05, 4.69) is 6.07 Å². The quantitative estimate of drug-likeness (QED) is 0.621. The standard InChI is InChI=1S/C24H19ClF3N3O2/c1-33-15-8-5-13(6-9-15)21-16(12-29)23(30)31(18-3-2-4-20(32)22(18)21)19-11-14(24(26,27)28)7-10-17(19)25/h5-11,21H,2-4,30H2,1H3/t21-/m1/s1. The van der Waals surface area contributed by atoms with E-state index in [1.807, 2.05) is 0 Å². The Kier molecular flexibility index (Phi) is 5.85. The van der Waals surface area contributed by atoms with Crippen LogP contribution in [0.5, 0.6) is 5.75 Å². The van der Waals surface area contributed by atoms with Crippen LogP contribution in [0.3, 0.4) is 0 Å². The molecule has 0 saturated heterocycles. The van der Waals surface area contributed by atoms with Crippen LogP contribution < -0.4 is 15.4 Å². The third-order valence-electron chi connectivity index (χ3n) is 5.88. The topological polar surface area (TPSA) is 79.3 Å². The fraction of sp³-hybridized carbons (Fsp3) is 0.250. The molecule has 170 valence electrons. The lowest BCUT2D eigenvalue weighted by Gasteiger charge is -2.40. The largest absolute Gasteiger partial charge is 0.497 e. The van der Waals surface area contributed by atoms with Crippen molar-refractivity contribution in [2.45, 2.75) is 31.4 Å². The summed E-state index contributed by atoms with van der Waals surface area (Å²) < 4.78 is 45.4. The highest BCUT2D eigenvalue weighted by Gasteiger charge is 2.41. The van der Waals surface area contributed by atoms with Crippen LogP contribution in [-0.4, -0.2) is 12.9 Å². The van der Waals surface area contributed by atoms with Crippen molar-refractivity contribution in [2.75, 3.05) is 12.0 Å². The number of ketones is 1. The highest BCUT2D eigenvalue weighted by Crippen LogP contribution is 2.48. The number of nitriles is 1. The fourth-order valence-corrected chi connectivity index (χ4v) is 4.55. The van der Waals surface area contributed by atoms with E-state index in [4.69, 9.17) is 22.1 Å². The lowest BCUT2D eigenvalue weighted by Crippen LogP contribution is -2.39. The average molecular weight is 474 g/mol. The number of methoxy groups -OCH3 is 1. The third-order valence-corrected chi connectivity index (χ3v) is 6.20. The molecule has 2 N–H and O–H groups in total. The predicted molar refractivity (Wildman–Crippen MR) is 117 cm³/mol. The van der Waals surface area contributed by atoms with E-state index in [0.29, 0.717) is 35.4 Å². The van der Waals surface area contributed by atoms with Crippen LogP contribution in [0, 0.1) is 11.3 Å². The molecule has 1 aliphatic heterocycles. The van der Waals surface area contributed by atoms with E-state index in [1.165, 1.54) is 12.0 Å². The first-order valence-corrected chi connectivity index (χ1v) is 10.5. The van der Waals surface area contributed by atoms with Gasteiger partial charge in [0.15, 0.2) is 5.78 Å².